The Labute approximate surface area is 172 Å². The van der Waals surface area contributed by atoms with E-state index in [0.717, 1.165) is 72.8 Å². The standard InChI is InChI=1S/C25H37O2P/c1-6-9-11-20-14-18(4)16-22(24(20)26)28(13-8-3)23-17-19(5)15-21(25(23)27)12-10-7-2/h14-17,26-27H,6-13H2,1-5H3. The summed E-state index contributed by atoms with van der Waals surface area (Å²) in [5.41, 5.74) is 4.50. The van der Waals surface area contributed by atoms with Crippen molar-refractivity contribution in [2.75, 3.05) is 6.16 Å². The van der Waals surface area contributed by atoms with Crippen LogP contribution in [-0.4, -0.2) is 16.4 Å². The van der Waals surface area contributed by atoms with Crippen LogP contribution in [0.2, 0.25) is 0 Å². The van der Waals surface area contributed by atoms with E-state index in [2.05, 4.69) is 58.9 Å². The zero-order valence-electron chi connectivity index (χ0n) is 18.3. The molecule has 0 aliphatic rings. The zero-order chi connectivity index (χ0) is 20.7. The molecule has 3 heteroatoms. The number of phenolic OH excluding ortho intramolecular Hbond substituents is 2. The van der Waals surface area contributed by atoms with Crippen LogP contribution in [0.25, 0.3) is 0 Å². The highest BCUT2D eigenvalue weighted by atomic mass is 31.1. The molecule has 2 aromatic carbocycles. The molecule has 0 bridgehead atoms. The number of rotatable bonds is 10. The average Bonchev–Trinajstić information content (AvgIpc) is 2.67. The number of phenols is 2. The van der Waals surface area contributed by atoms with Crippen molar-refractivity contribution < 1.29 is 10.2 Å². The van der Waals surface area contributed by atoms with Gasteiger partial charge >= 0.3 is 0 Å². The second-order valence-electron chi connectivity index (χ2n) is 7.94. The van der Waals surface area contributed by atoms with Crippen LogP contribution < -0.4 is 10.6 Å². The molecule has 0 fully saturated rings. The minimum atomic E-state index is -0.787. The molecule has 0 aliphatic carbocycles. The lowest BCUT2D eigenvalue weighted by Crippen LogP contribution is -2.18. The Morgan fingerprint density at radius 2 is 1.11 bits per heavy atom. The summed E-state index contributed by atoms with van der Waals surface area (Å²) in [7, 11) is -0.787. The van der Waals surface area contributed by atoms with Crippen molar-refractivity contribution in [2.24, 2.45) is 0 Å². The Morgan fingerprint density at radius 3 is 1.46 bits per heavy atom. The van der Waals surface area contributed by atoms with E-state index in [1.54, 1.807) is 0 Å². The first-order valence-corrected chi connectivity index (χ1v) is 12.4. The molecule has 2 aromatic rings. The van der Waals surface area contributed by atoms with Crippen molar-refractivity contribution in [2.45, 2.75) is 79.6 Å². The summed E-state index contributed by atoms with van der Waals surface area (Å²) in [6.45, 7) is 10.8. The van der Waals surface area contributed by atoms with Gasteiger partial charge in [-0.2, -0.15) is 0 Å². The average molecular weight is 401 g/mol. The molecule has 154 valence electrons. The molecule has 0 saturated heterocycles. The van der Waals surface area contributed by atoms with E-state index in [9.17, 15) is 10.2 Å². The van der Waals surface area contributed by atoms with Crippen LogP contribution in [0.4, 0.5) is 0 Å². The van der Waals surface area contributed by atoms with Crippen molar-refractivity contribution >= 4 is 18.5 Å². The Hall–Kier alpha value is -1.53. The van der Waals surface area contributed by atoms with Gasteiger partial charge in [-0.25, -0.2) is 0 Å². The summed E-state index contributed by atoms with van der Waals surface area (Å²) < 4.78 is 0. The Balaban J connectivity index is 2.58. The molecular weight excluding hydrogens is 363 g/mol. The zero-order valence-corrected chi connectivity index (χ0v) is 19.2. The van der Waals surface area contributed by atoms with Gasteiger partial charge in [0.2, 0.25) is 0 Å². The fourth-order valence-electron chi connectivity index (χ4n) is 3.79. The molecule has 0 saturated carbocycles. The molecular formula is C25H37O2P. The molecule has 2 nitrogen and oxygen atoms in total. The van der Waals surface area contributed by atoms with E-state index in [4.69, 9.17) is 0 Å². The normalized spacial score (nSPS) is 11.4. The van der Waals surface area contributed by atoms with Crippen LogP contribution in [0.3, 0.4) is 0 Å². The first-order chi connectivity index (χ1) is 13.4. The number of aromatic hydroxyl groups is 2. The second-order valence-corrected chi connectivity index (χ2v) is 10.2. The van der Waals surface area contributed by atoms with Gasteiger partial charge in [-0.05, 0) is 88.0 Å². The predicted molar refractivity (Wildman–Crippen MR) is 124 cm³/mol. The highest BCUT2D eigenvalue weighted by Gasteiger charge is 2.23. The maximum Gasteiger partial charge on any atom is 0.126 e. The van der Waals surface area contributed by atoms with Crippen LogP contribution in [0.5, 0.6) is 11.5 Å². The third-order valence-corrected chi connectivity index (χ3v) is 7.99. The Kier molecular flexibility index (Phi) is 8.83. The minimum Gasteiger partial charge on any atom is -0.507 e. The van der Waals surface area contributed by atoms with E-state index < -0.39 is 7.92 Å². The van der Waals surface area contributed by atoms with Crippen LogP contribution in [0, 0.1) is 13.8 Å². The van der Waals surface area contributed by atoms with Crippen LogP contribution in [0.15, 0.2) is 24.3 Å². The summed E-state index contributed by atoms with van der Waals surface area (Å²) in [5.74, 6) is 0.907. The minimum absolute atomic E-state index is 0.453. The van der Waals surface area contributed by atoms with E-state index in [0.29, 0.717) is 11.5 Å². The van der Waals surface area contributed by atoms with Gasteiger partial charge in [0, 0.05) is 10.6 Å². The number of benzene rings is 2. The van der Waals surface area contributed by atoms with E-state index >= 15 is 0 Å². The van der Waals surface area contributed by atoms with Gasteiger partial charge in [0.05, 0.1) is 0 Å². The van der Waals surface area contributed by atoms with Gasteiger partial charge in [0.1, 0.15) is 11.5 Å². The molecule has 0 spiro atoms. The highest BCUT2D eigenvalue weighted by molar-refractivity contribution is 7.73. The first-order valence-electron chi connectivity index (χ1n) is 10.8. The van der Waals surface area contributed by atoms with Crippen LogP contribution >= 0.6 is 7.92 Å². The third kappa shape index (κ3) is 5.51. The monoisotopic (exact) mass is 400 g/mol. The SMILES string of the molecule is CCCCc1cc(C)cc(P(CCC)c2cc(C)cc(CCCC)c2O)c1O. The fourth-order valence-corrected chi connectivity index (χ4v) is 6.49. The number of unbranched alkanes of at least 4 members (excludes halogenated alkanes) is 2. The van der Waals surface area contributed by atoms with Gasteiger partial charge < -0.3 is 10.2 Å². The van der Waals surface area contributed by atoms with Gasteiger partial charge in [0.15, 0.2) is 0 Å². The maximum atomic E-state index is 11.1. The molecule has 0 radical (unpaired) electrons. The van der Waals surface area contributed by atoms with Crippen molar-refractivity contribution in [1.82, 2.24) is 0 Å². The molecule has 28 heavy (non-hydrogen) atoms. The largest absolute Gasteiger partial charge is 0.507 e. The van der Waals surface area contributed by atoms with Gasteiger partial charge in [-0.1, -0.05) is 52.2 Å². The first kappa shape index (κ1) is 22.8. The van der Waals surface area contributed by atoms with E-state index in [1.807, 2.05) is 0 Å². The van der Waals surface area contributed by atoms with Gasteiger partial charge in [-0.15, -0.1) is 0 Å². The van der Waals surface area contributed by atoms with Crippen molar-refractivity contribution in [3.8, 4) is 11.5 Å². The Morgan fingerprint density at radius 1 is 0.679 bits per heavy atom. The second kappa shape index (κ2) is 10.9. The molecule has 2 N–H and O–H groups in total. The van der Waals surface area contributed by atoms with Crippen LogP contribution in [-0.2, 0) is 12.8 Å². The van der Waals surface area contributed by atoms with Crippen molar-refractivity contribution in [3.05, 3.63) is 46.5 Å². The maximum absolute atomic E-state index is 11.1. The summed E-state index contributed by atoms with van der Waals surface area (Å²) in [4.78, 5) is 0. The quantitative estimate of drug-likeness (QED) is 0.463. The summed E-state index contributed by atoms with van der Waals surface area (Å²) >= 11 is 0. The lowest BCUT2D eigenvalue weighted by molar-refractivity contribution is 0.470. The topological polar surface area (TPSA) is 40.5 Å². The van der Waals surface area contributed by atoms with E-state index in [-0.39, 0.29) is 0 Å². The van der Waals surface area contributed by atoms with Crippen molar-refractivity contribution in [1.29, 1.82) is 0 Å². The molecule has 0 atom stereocenters. The number of aryl methyl sites for hydroxylation is 4. The number of hydrogen-bond acceptors (Lipinski definition) is 2. The Bertz CT molecular complexity index is 719. The van der Waals surface area contributed by atoms with Gasteiger partial charge in [-0.3, -0.25) is 0 Å². The van der Waals surface area contributed by atoms with E-state index in [1.165, 1.54) is 11.1 Å². The van der Waals surface area contributed by atoms with Crippen molar-refractivity contribution in [3.63, 3.8) is 0 Å². The summed E-state index contributed by atoms with van der Waals surface area (Å²) in [6.07, 6.45) is 8.22. The molecule has 2 rings (SSSR count). The lowest BCUT2D eigenvalue weighted by Gasteiger charge is -2.24. The lowest BCUT2D eigenvalue weighted by atomic mass is 10.0. The molecule has 0 unspecified atom stereocenters. The molecule has 0 amide bonds. The molecule has 0 heterocycles. The predicted octanol–water partition coefficient (Wildman–Crippen LogP) is 6.24. The van der Waals surface area contributed by atoms with Gasteiger partial charge in [0.25, 0.3) is 0 Å². The smallest absolute Gasteiger partial charge is 0.126 e. The summed E-state index contributed by atoms with van der Waals surface area (Å²) in [6, 6.07) is 8.52. The summed E-state index contributed by atoms with van der Waals surface area (Å²) in [5, 5.41) is 24.3. The van der Waals surface area contributed by atoms with Crippen LogP contribution in [0.1, 0.15) is 75.1 Å². The molecule has 0 aromatic heterocycles. The highest BCUT2D eigenvalue weighted by Crippen LogP contribution is 2.43. The third-order valence-electron chi connectivity index (χ3n) is 5.25. The molecule has 0 aliphatic heterocycles. The number of hydrogen-bond donors (Lipinski definition) is 2. The fraction of sp³-hybridized carbons (Fsp3) is 0.520.